The molecule has 6 heteroatoms. The summed E-state index contributed by atoms with van der Waals surface area (Å²) in [7, 11) is 0. The van der Waals surface area contributed by atoms with E-state index in [1.54, 1.807) is 0 Å². The molecule has 2 heterocycles. The fourth-order valence-corrected chi connectivity index (χ4v) is 2.63. The van der Waals surface area contributed by atoms with Crippen LogP contribution in [0.2, 0.25) is 0 Å². The van der Waals surface area contributed by atoms with Gasteiger partial charge in [0.05, 0.1) is 6.54 Å². The summed E-state index contributed by atoms with van der Waals surface area (Å²) in [5, 5.41) is 12.8. The second-order valence-corrected chi connectivity index (χ2v) is 5.76. The van der Waals surface area contributed by atoms with E-state index >= 15 is 0 Å². The van der Waals surface area contributed by atoms with Crippen LogP contribution >= 0.6 is 0 Å². The monoisotopic (exact) mass is 281 g/mol. The molecule has 6 nitrogen and oxygen atoms in total. The van der Waals surface area contributed by atoms with Crippen molar-refractivity contribution in [3.05, 3.63) is 11.7 Å². The van der Waals surface area contributed by atoms with Gasteiger partial charge in [-0.3, -0.25) is 9.69 Å². The average Bonchev–Trinajstić information content (AvgIpc) is 2.86. The Morgan fingerprint density at radius 1 is 1.50 bits per heavy atom. The van der Waals surface area contributed by atoms with Crippen LogP contribution in [0.1, 0.15) is 63.6 Å². The fraction of sp³-hybridized carbons (Fsp3) is 0.786. The number of likely N-dealkylation sites (tertiary alicyclic amines) is 1. The second-order valence-electron chi connectivity index (χ2n) is 5.76. The Labute approximate surface area is 119 Å². The number of carboxylic acid groups (broad SMARTS) is 1. The molecule has 0 saturated carbocycles. The summed E-state index contributed by atoms with van der Waals surface area (Å²) >= 11 is 0. The number of carboxylic acids is 1. The highest BCUT2D eigenvalue weighted by molar-refractivity contribution is 5.66. The Hall–Kier alpha value is -1.43. The third-order valence-corrected chi connectivity index (χ3v) is 3.76. The first-order chi connectivity index (χ1) is 9.56. The second kappa shape index (κ2) is 6.83. The Morgan fingerprint density at radius 2 is 2.30 bits per heavy atom. The molecule has 1 aliphatic rings. The number of aliphatic carboxylic acids is 1. The molecule has 0 aliphatic carbocycles. The number of piperidine rings is 1. The van der Waals surface area contributed by atoms with Gasteiger partial charge in [0.25, 0.3) is 0 Å². The van der Waals surface area contributed by atoms with Gasteiger partial charge in [-0.25, -0.2) is 0 Å². The van der Waals surface area contributed by atoms with Gasteiger partial charge in [-0.1, -0.05) is 25.4 Å². The first-order valence-electron chi connectivity index (χ1n) is 7.34. The van der Waals surface area contributed by atoms with E-state index in [1.165, 1.54) is 6.42 Å². The van der Waals surface area contributed by atoms with Crippen molar-refractivity contribution in [2.75, 3.05) is 6.54 Å². The molecule has 0 aromatic carbocycles. The van der Waals surface area contributed by atoms with E-state index in [0.29, 0.717) is 30.7 Å². The smallest absolute Gasteiger partial charge is 0.303 e. The Kier molecular flexibility index (Phi) is 5.11. The highest BCUT2D eigenvalue weighted by Gasteiger charge is 2.24. The Bertz CT molecular complexity index is 445. The average molecular weight is 281 g/mol. The molecule has 112 valence electrons. The van der Waals surface area contributed by atoms with Crippen LogP contribution in [-0.2, 0) is 11.3 Å². The molecule has 1 unspecified atom stereocenters. The molecule has 0 radical (unpaired) electrons. The lowest BCUT2D eigenvalue weighted by atomic mass is 9.98. The van der Waals surface area contributed by atoms with Crippen molar-refractivity contribution in [3.8, 4) is 0 Å². The van der Waals surface area contributed by atoms with Gasteiger partial charge in [-0.15, -0.1) is 0 Å². The van der Waals surface area contributed by atoms with Crippen LogP contribution in [0.4, 0.5) is 0 Å². The summed E-state index contributed by atoms with van der Waals surface area (Å²) in [5.41, 5.74) is 0. The minimum Gasteiger partial charge on any atom is -0.481 e. The molecule has 20 heavy (non-hydrogen) atoms. The molecule has 0 spiro atoms. The molecule has 1 saturated heterocycles. The van der Waals surface area contributed by atoms with E-state index in [1.807, 2.05) is 13.8 Å². The zero-order valence-corrected chi connectivity index (χ0v) is 12.2. The van der Waals surface area contributed by atoms with Gasteiger partial charge in [0.15, 0.2) is 5.82 Å². The maximum atomic E-state index is 10.7. The molecule has 1 atom stereocenters. The van der Waals surface area contributed by atoms with Gasteiger partial charge in [-0.2, -0.15) is 4.98 Å². The number of hydrogen-bond acceptors (Lipinski definition) is 5. The van der Waals surface area contributed by atoms with Crippen LogP contribution < -0.4 is 0 Å². The number of nitrogens with zero attached hydrogens (tertiary/aromatic N) is 3. The quantitative estimate of drug-likeness (QED) is 0.862. The van der Waals surface area contributed by atoms with Crippen molar-refractivity contribution in [3.63, 3.8) is 0 Å². The van der Waals surface area contributed by atoms with Crippen LogP contribution in [0.5, 0.6) is 0 Å². The minimum absolute atomic E-state index is 0.227. The van der Waals surface area contributed by atoms with Crippen LogP contribution in [0.3, 0.4) is 0 Å². The molecule has 1 aromatic rings. The summed E-state index contributed by atoms with van der Waals surface area (Å²) in [6, 6.07) is 0.320. The van der Waals surface area contributed by atoms with E-state index in [2.05, 4.69) is 15.0 Å². The zero-order valence-electron chi connectivity index (χ0n) is 12.2. The SMILES string of the molecule is CC(C)c1nc(CN2CCCCC2CCC(=O)O)no1. The molecule has 1 aromatic heterocycles. The largest absolute Gasteiger partial charge is 0.481 e. The molecule has 1 N–H and O–H groups in total. The van der Waals surface area contributed by atoms with Crippen molar-refractivity contribution >= 4 is 5.97 Å². The lowest BCUT2D eigenvalue weighted by molar-refractivity contribution is -0.137. The van der Waals surface area contributed by atoms with Crippen molar-refractivity contribution in [2.45, 2.75) is 64.5 Å². The summed E-state index contributed by atoms with van der Waals surface area (Å²) < 4.78 is 5.22. The first kappa shape index (κ1) is 15.0. The highest BCUT2D eigenvalue weighted by Crippen LogP contribution is 2.23. The van der Waals surface area contributed by atoms with E-state index < -0.39 is 5.97 Å². The fourth-order valence-electron chi connectivity index (χ4n) is 2.63. The molecular formula is C14H23N3O3. The third kappa shape index (κ3) is 4.03. The van der Waals surface area contributed by atoms with Crippen LogP contribution in [-0.4, -0.2) is 38.7 Å². The number of hydrogen-bond donors (Lipinski definition) is 1. The van der Waals surface area contributed by atoms with Crippen LogP contribution in [0.15, 0.2) is 4.52 Å². The van der Waals surface area contributed by atoms with E-state index in [-0.39, 0.29) is 12.3 Å². The maximum absolute atomic E-state index is 10.7. The number of carbonyl (C=O) groups is 1. The maximum Gasteiger partial charge on any atom is 0.303 e. The van der Waals surface area contributed by atoms with E-state index in [4.69, 9.17) is 9.63 Å². The zero-order chi connectivity index (χ0) is 14.5. The predicted molar refractivity (Wildman–Crippen MR) is 73.3 cm³/mol. The topological polar surface area (TPSA) is 79.5 Å². The van der Waals surface area contributed by atoms with Gasteiger partial charge in [0.2, 0.25) is 5.89 Å². The van der Waals surface area contributed by atoms with Crippen molar-refractivity contribution in [1.82, 2.24) is 15.0 Å². The van der Waals surface area contributed by atoms with Gasteiger partial charge >= 0.3 is 5.97 Å². The number of aromatic nitrogens is 2. The number of rotatable bonds is 6. The molecule has 0 bridgehead atoms. The Morgan fingerprint density at radius 3 is 2.95 bits per heavy atom. The van der Waals surface area contributed by atoms with Crippen LogP contribution in [0, 0.1) is 0 Å². The van der Waals surface area contributed by atoms with Gasteiger partial charge in [-0.05, 0) is 25.8 Å². The summed E-state index contributed by atoms with van der Waals surface area (Å²) in [5.74, 6) is 0.882. The van der Waals surface area contributed by atoms with Gasteiger partial charge in [0.1, 0.15) is 0 Å². The molecule has 0 amide bonds. The molecule has 1 fully saturated rings. The molecule has 1 aliphatic heterocycles. The standard InChI is InChI=1S/C14H23N3O3/c1-10(2)14-15-12(16-20-14)9-17-8-4-3-5-11(17)6-7-13(18)19/h10-11H,3-9H2,1-2H3,(H,18,19). The Balaban J connectivity index is 1.95. The summed E-state index contributed by atoms with van der Waals surface area (Å²) in [6.45, 7) is 5.68. The molecular weight excluding hydrogens is 258 g/mol. The third-order valence-electron chi connectivity index (χ3n) is 3.76. The lowest BCUT2D eigenvalue weighted by Gasteiger charge is -2.34. The van der Waals surface area contributed by atoms with E-state index in [9.17, 15) is 4.79 Å². The van der Waals surface area contributed by atoms with Crippen LogP contribution in [0.25, 0.3) is 0 Å². The predicted octanol–water partition coefficient (Wildman–Crippen LogP) is 2.41. The first-order valence-corrected chi connectivity index (χ1v) is 7.34. The normalized spacial score (nSPS) is 20.4. The summed E-state index contributed by atoms with van der Waals surface area (Å²) in [6.07, 6.45) is 4.31. The van der Waals surface area contributed by atoms with Gasteiger partial charge < -0.3 is 9.63 Å². The van der Waals surface area contributed by atoms with Crippen molar-refractivity contribution in [1.29, 1.82) is 0 Å². The molecule has 2 rings (SSSR count). The summed E-state index contributed by atoms with van der Waals surface area (Å²) in [4.78, 5) is 17.4. The lowest BCUT2D eigenvalue weighted by Crippen LogP contribution is -2.39. The van der Waals surface area contributed by atoms with Crippen molar-refractivity contribution in [2.24, 2.45) is 0 Å². The van der Waals surface area contributed by atoms with Gasteiger partial charge in [0, 0.05) is 18.4 Å². The van der Waals surface area contributed by atoms with Crippen molar-refractivity contribution < 1.29 is 14.4 Å². The van der Waals surface area contributed by atoms with E-state index in [0.717, 1.165) is 19.4 Å². The highest BCUT2D eigenvalue weighted by atomic mass is 16.5. The minimum atomic E-state index is -0.725.